The van der Waals surface area contributed by atoms with Crippen molar-refractivity contribution in [1.82, 2.24) is 9.55 Å². The lowest BCUT2D eigenvalue weighted by molar-refractivity contribution is 1.02. The Morgan fingerprint density at radius 3 is 2.94 bits per heavy atom. The van der Waals surface area contributed by atoms with Crippen molar-refractivity contribution in [3.05, 3.63) is 41.2 Å². The molecule has 0 saturated heterocycles. The molecular formula is C12H14ClN3. The maximum atomic E-state index is 6.11. The third kappa shape index (κ3) is 2.04. The quantitative estimate of drug-likeness (QED) is 0.885. The number of nitrogens with zero attached hydrogens (tertiary/aromatic N) is 2. The number of nitrogens with one attached hydrogen (secondary N) is 1. The molecule has 16 heavy (non-hydrogen) atoms. The van der Waals surface area contributed by atoms with Gasteiger partial charge in [-0.25, -0.2) is 4.98 Å². The number of hydrogen-bond acceptors (Lipinski definition) is 2. The molecule has 0 aliphatic heterocycles. The molecule has 3 nitrogen and oxygen atoms in total. The van der Waals surface area contributed by atoms with Gasteiger partial charge >= 0.3 is 0 Å². The number of anilines is 1. The van der Waals surface area contributed by atoms with Crippen LogP contribution in [-0.2, 0) is 0 Å². The van der Waals surface area contributed by atoms with Gasteiger partial charge in [-0.05, 0) is 31.5 Å². The van der Waals surface area contributed by atoms with E-state index in [-0.39, 0.29) is 0 Å². The Morgan fingerprint density at radius 2 is 2.25 bits per heavy atom. The Bertz CT molecular complexity index is 491. The molecule has 2 aromatic rings. The van der Waals surface area contributed by atoms with Crippen LogP contribution in [0, 0.1) is 6.92 Å². The molecule has 1 aromatic carbocycles. The lowest BCUT2D eigenvalue weighted by atomic mass is 10.2. The molecule has 0 bridgehead atoms. The summed E-state index contributed by atoms with van der Waals surface area (Å²) in [5.74, 6) is 0.836. The van der Waals surface area contributed by atoms with Crippen LogP contribution in [0.2, 0.25) is 5.02 Å². The first-order valence-corrected chi connectivity index (χ1v) is 5.64. The summed E-state index contributed by atoms with van der Waals surface area (Å²) in [5, 5.41) is 3.97. The van der Waals surface area contributed by atoms with E-state index >= 15 is 0 Å². The van der Waals surface area contributed by atoms with Crippen LogP contribution in [0.25, 0.3) is 5.69 Å². The summed E-state index contributed by atoms with van der Waals surface area (Å²) >= 11 is 6.11. The fourth-order valence-electron chi connectivity index (χ4n) is 1.53. The van der Waals surface area contributed by atoms with Gasteiger partial charge in [0.05, 0.1) is 0 Å². The molecule has 0 saturated carbocycles. The predicted octanol–water partition coefficient (Wildman–Crippen LogP) is 3.27. The second kappa shape index (κ2) is 4.58. The number of aryl methyl sites for hydroxylation is 1. The maximum absolute atomic E-state index is 6.11. The first-order valence-electron chi connectivity index (χ1n) is 5.26. The van der Waals surface area contributed by atoms with Gasteiger partial charge in [-0.15, -0.1) is 0 Å². The van der Waals surface area contributed by atoms with Gasteiger partial charge in [0.15, 0.2) is 0 Å². The summed E-state index contributed by atoms with van der Waals surface area (Å²) in [6.45, 7) is 4.88. The maximum Gasteiger partial charge on any atom is 0.207 e. The second-order valence-corrected chi connectivity index (χ2v) is 3.99. The van der Waals surface area contributed by atoms with Crippen LogP contribution in [-0.4, -0.2) is 16.1 Å². The first-order chi connectivity index (χ1) is 7.72. The van der Waals surface area contributed by atoms with Gasteiger partial charge in [0.2, 0.25) is 5.95 Å². The number of aromatic nitrogens is 2. The Labute approximate surface area is 100 Å². The molecule has 0 atom stereocenters. The van der Waals surface area contributed by atoms with E-state index in [1.165, 1.54) is 0 Å². The molecule has 0 spiro atoms. The van der Waals surface area contributed by atoms with Gasteiger partial charge in [-0.3, -0.25) is 4.57 Å². The SMILES string of the molecule is CCNc1nccn1-c1ccc(C)c(Cl)c1. The van der Waals surface area contributed by atoms with Crippen molar-refractivity contribution in [2.24, 2.45) is 0 Å². The van der Waals surface area contributed by atoms with Gasteiger partial charge in [0, 0.05) is 29.6 Å². The van der Waals surface area contributed by atoms with Crippen molar-refractivity contribution in [2.75, 3.05) is 11.9 Å². The zero-order chi connectivity index (χ0) is 11.5. The van der Waals surface area contributed by atoms with E-state index in [0.717, 1.165) is 28.8 Å². The highest BCUT2D eigenvalue weighted by Crippen LogP contribution is 2.21. The first kappa shape index (κ1) is 11.0. The van der Waals surface area contributed by atoms with Crippen LogP contribution in [0.5, 0.6) is 0 Å². The Kier molecular flexibility index (Phi) is 3.15. The summed E-state index contributed by atoms with van der Waals surface area (Å²) in [7, 11) is 0. The minimum atomic E-state index is 0.772. The number of benzene rings is 1. The van der Waals surface area contributed by atoms with E-state index in [1.54, 1.807) is 6.20 Å². The summed E-state index contributed by atoms with van der Waals surface area (Å²) in [4.78, 5) is 4.24. The van der Waals surface area contributed by atoms with Crippen molar-refractivity contribution in [3.8, 4) is 5.69 Å². The smallest absolute Gasteiger partial charge is 0.207 e. The summed E-state index contributed by atoms with van der Waals surface area (Å²) in [5.41, 5.74) is 2.10. The van der Waals surface area contributed by atoms with Crippen molar-refractivity contribution in [2.45, 2.75) is 13.8 Å². The summed E-state index contributed by atoms with van der Waals surface area (Å²) in [6, 6.07) is 5.98. The molecule has 1 N–H and O–H groups in total. The Morgan fingerprint density at radius 1 is 1.44 bits per heavy atom. The van der Waals surface area contributed by atoms with Crippen molar-refractivity contribution < 1.29 is 0 Å². The zero-order valence-electron chi connectivity index (χ0n) is 9.37. The normalized spacial score (nSPS) is 10.4. The molecule has 84 valence electrons. The third-order valence-electron chi connectivity index (χ3n) is 2.41. The highest BCUT2D eigenvalue weighted by Gasteiger charge is 2.04. The second-order valence-electron chi connectivity index (χ2n) is 3.58. The summed E-state index contributed by atoms with van der Waals surface area (Å²) < 4.78 is 1.98. The standard InChI is InChI=1S/C12H14ClN3/c1-3-14-12-15-6-7-16(12)10-5-4-9(2)11(13)8-10/h4-8H,3H2,1-2H3,(H,14,15). The topological polar surface area (TPSA) is 29.9 Å². The molecule has 4 heteroatoms. The molecular weight excluding hydrogens is 222 g/mol. The van der Waals surface area contributed by atoms with Crippen LogP contribution in [0.15, 0.2) is 30.6 Å². The third-order valence-corrected chi connectivity index (χ3v) is 2.82. The van der Waals surface area contributed by atoms with Crippen LogP contribution in [0.1, 0.15) is 12.5 Å². The van der Waals surface area contributed by atoms with Gasteiger partial charge in [-0.2, -0.15) is 0 Å². The highest BCUT2D eigenvalue weighted by atomic mass is 35.5. The molecule has 0 aliphatic carbocycles. The molecule has 0 unspecified atom stereocenters. The predicted molar refractivity (Wildman–Crippen MR) is 67.5 cm³/mol. The molecule has 1 aromatic heterocycles. The molecule has 0 aliphatic rings. The lowest BCUT2D eigenvalue weighted by Gasteiger charge is -2.09. The number of rotatable bonds is 3. The molecule has 1 heterocycles. The Hall–Kier alpha value is -1.48. The van der Waals surface area contributed by atoms with Crippen LogP contribution in [0.3, 0.4) is 0 Å². The number of halogens is 1. The number of imidazole rings is 1. The van der Waals surface area contributed by atoms with Gasteiger partial charge in [-0.1, -0.05) is 17.7 Å². The van der Waals surface area contributed by atoms with E-state index in [1.807, 2.05) is 42.8 Å². The van der Waals surface area contributed by atoms with Gasteiger partial charge < -0.3 is 5.32 Å². The molecule has 0 radical (unpaired) electrons. The average Bonchev–Trinajstić information content (AvgIpc) is 2.71. The Balaban J connectivity index is 2.42. The van der Waals surface area contributed by atoms with Crippen LogP contribution < -0.4 is 5.32 Å². The minimum absolute atomic E-state index is 0.772. The monoisotopic (exact) mass is 235 g/mol. The molecule has 0 fully saturated rings. The van der Waals surface area contributed by atoms with E-state index in [0.29, 0.717) is 0 Å². The van der Waals surface area contributed by atoms with Crippen molar-refractivity contribution in [3.63, 3.8) is 0 Å². The largest absolute Gasteiger partial charge is 0.356 e. The molecule has 2 rings (SSSR count). The van der Waals surface area contributed by atoms with Crippen molar-refractivity contribution in [1.29, 1.82) is 0 Å². The van der Waals surface area contributed by atoms with Gasteiger partial charge in [0.25, 0.3) is 0 Å². The zero-order valence-corrected chi connectivity index (χ0v) is 10.1. The van der Waals surface area contributed by atoms with Crippen LogP contribution in [0.4, 0.5) is 5.95 Å². The average molecular weight is 236 g/mol. The van der Waals surface area contributed by atoms with E-state index in [4.69, 9.17) is 11.6 Å². The van der Waals surface area contributed by atoms with Gasteiger partial charge in [0.1, 0.15) is 0 Å². The minimum Gasteiger partial charge on any atom is -0.356 e. The number of hydrogen-bond donors (Lipinski definition) is 1. The van der Waals surface area contributed by atoms with Crippen LogP contribution >= 0.6 is 11.6 Å². The van der Waals surface area contributed by atoms with Crippen molar-refractivity contribution >= 4 is 17.5 Å². The fourth-order valence-corrected chi connectivity index (χ4v) is 1.71. The lowest BCUT2D eigenvalue weighted by Crippen LogP contribution is -2.04. The molecule has 0 amide bonds. The van der Waals surface area contributed by atoms with E-state index in [9.17, 15) is 0 Å². The van der Waals surface area contributed by atoms with E-state index < -0.39 is 0 Å². The van der Waals surface area contributed by atoms with E-state index in [2.05, 4.69) is 10.3 Å². The summed E-state index contributed by atoms with van der Waals surface area (Å²) in [6.07, 6.45) is 3.69. The highest BCUT2D eigenvalue weighted by molar-refractivity contribution is 6.31. The fraction of sp³-hybridized carbons (Fsp3) is 0.250.